The molecule has 0 unspecified atom stereocenters. The number of pyridine rings is 1. The molecule has 2 rings (SSSR count). The largest absolute Gasteiger partial charge is 0.352 e. The Bertz CT molecular complexity index is 498. The van der Waals surface area contributed by atoms with Crippen LogP contribution in [-0.4, -0.2) is 17.4 Å². The van der Waals surface area contributed by atoms with E-state index in [0.717, 1.165) is 15.9 Å². The van der Waals surface area contributed by atoms with E-state index in [9.17, 15) is 4.79 Å². The van der Waals surface area contributed by atoms with Gasteiger partial charge in [-0.15, -0.1) is 11.3 Å². The maximum Gasteiger partial charge on any atom is 0.252 e. The van der Waals surface area contributed by atoms with Gasteiger partial charge in [0.05, 0.1) is 9.35 Å². The molecule has 1 amide bonds. The van der Waals surface area contributed by atoms with Crippen LogP contribution in [0, 0.1) is 0 Å². The van der Waals surface area contributed by atoms with E-state index in [4.69, 9.17) is 0 Å². The van der Waals surface area contributed by atoms with Crippen LogP contribution in [0.4, 0.5) is 0 Å². The Morgan fingerprint density at radius 1 is 1.47 bits per heavy atom. The highest BCUT2D eigenvalue weighted by molar-refractivity contribution is 9.11. The van der Waals surface area contributed by atoms with Crippen LogP contribution in [0.3, 0.4) is 0 Å². The predicted octanol–water partition coefficient (Wildman–Crippen LogP) is 2.88. The Balaban J connectivity index is 1.81. The van der Waals surface area contributed by atoms with Crippen molar-refractivity contribution in [3.05, 3.63) is 50.9 Å². The molecule has 2 heterocycles. The third-order valence-corrected chi connectivity index (χ3v) is 3.73. The molecule has 3 nitrogen and oxygen atoms in total. The van der Waals surface area contributed by atoms with Crippen LogP contribution in [0.2, 0.25) is 0 Å². The van der Waals surface area contributed by atoms with Crippen molar-refractivity contribution >= 4 is 33.2 Å². The number of carbonyl (C=O) groups is 1. The average Bonchev–Trinajstić information content (AvgIpc) is 2.77. The first-order valence-corrected chi connectivity index (χ1v) is 6.85. The number of hydrogen-bond donors (Lipinski definition) is 1. The monoisotopic (exact) mass is 310 g/mol. The highest BCUT2D eigenvalue weighted by atomic mass is 79.9. The molecular formula is C12H11BrN2OS. The second kappa shape index (κ2) is 5.93. The van der Waals surface area contributed by atoms with Crippen LogP contribution in [-0.2, 0) is 6.42 Å². The zero-order valence-corrected chi connectivity index (χ0v) is 11.4. The summed E-state index contributed by atoms with van der Waals surface area (Å²) in [5.41, 5.74) is 1.68. The molecule has 0 radical (unpaired) electrons. The predicted molar refractivity (Wildman–Crippen MR) is 72.3 cm³/mol. The SMILES string of the molecule is O=C(NCCc1ccccn1)c1csc(Br)c1. The van der Waals surface area contributed by atoms with E-state index >= 15 is 0 Å². The lowest BCUT2D eigenvalue weighted by atomic mass is 10.2. The molecule has 0 aliphatic heterocycles. The standard InChI is InChI=1S/C12H11BrN2OS/c13-11-7-9(8-17-11)12(16)15-6-4-10-3-1-2-5-14-10/h1-3,5,7-8H,4,6H2,(H,15,16). The molecule has 0 bridgehead atoms. The zero-order valence-electron chi connectivity index (χ0n) is 9.02. The summed E-state index contributed by atoms with van der Waals surface area (Å²) >= 11 is 4.84. The van der Waals surface area contributed by atoms with Gasteiger partial charge in [0.25, 0.3) is 5.91 Å². The number of thiophene rings is 1. The summed E-state index contributed by atoms with van der Waals surface area (Å²) in [5.74, 6) is -0.0390. The van der Waals surface area contributed by atoms with Crippen LogP contribution >= 0.6 is 27.3 Å². The van der Waals surface area contributed by atoms with Gasteiger partial charge in [0.1, 0.15) is 0 Å². The van der Waals surface area contributed by atoms with Crippen molar-refractivity contribution in [1.29, 1.82) is 0 Å². The first-order chi connectivity index (χ1) is 8.25. The van der Waals surface area contributed by atoms with Crippen molar-refractivity contribution in [2.24, 2.45) is 0 Å². The Morgan fingerprint density at radius 2 is 2.35 bits per heavy atom. The van der Waals surface area contributed by atoms with E-state index in [-0.39, 0.29) is 5.91 Å². The third-order valence-electron chi connectivity index (χ3n) is 2.22. The summed E-state index contributed by atoms with van der Waals surface area (Å²) in [5, 5.41) is 4.70. The van der Waals surface area contributed by atoms with E-state index in [1.807, 2.05) is 29.6 Å². The minimum atomic E-state index is -0.0390. The number of carbonyl (C=O) groups excluding carboxylic acids is 1. The zero-order chi connectivity index (χ0) is 12.1. The summed E-state index contributed by atoms with van der Waals surface area (Å²) in [6, 6.07) is 7.60. The molecule has 0 saturated carbocycles. The molecule has 0 fully saturated rings. The molecule has 0 atom stereocenters. The van der Waals surface area contributed by atoms with Crippen LogP contribution in [0.25, 0.3) is 0 Å². The van der Waals surface area contributed by atoms with E-state index < -0.39 is 0 Å². The molecule has 0 aliphatic carbocycles. The van der Waals surface area contributed by atoms with E-state index in [1.54, 1.807) is 6.20 Å². The second-order valence-electron chi connectivity index (χ2n) is 3.47. The maximum atomic E-state index is 11.7. The van der Waals surface area contributed by atoms with E-state index in [1.165, 1.54) is 11.3 Å². The molecule has 0 saturated heterocycles. The van der Waals surface area contributed by atoms with E-state index in [2.05, 4.69) is 26.2 Å². The summed E-state index contributed by atoms with van der Waals surface area (Å²) in [7, 11) is 0. The lowest BCUT2D eigenvalue weighted by Gasteiger charge is -2.03. The molecule has 2 aromatic heterocycles. The minimum absolute atomic E-state index is 0.0390. The first-order valence-electron chi connectivity index (χ1n) is 5.18. The molecular weight excluding hydrogens is 300 g/mol. The molecule has 17 heavy (non-hydrogen) atoms. The molecule has 88 valence electrons. The van der Waals surface area contributed by atoms with Crippen molar-refractivity contribution in [3.63, 3.8) is 0 Å². The van der Waals surface area contributed by atoms with Crippen molar-refractivity contribution in [2.45, 2.75) is 6.42 Å². The molecule has 0 spiro atoms. The number of aromatic nitrogens is 1. The van der Waals surface area contributed by atoms with Crippen molar-refractivity contribution in [2.75, 3.05) is 6.54 Å². The van der Waals surface area contributed by atoms with E-state index in [0.29, 0.717) is 12.1 Å². The van der Waals surface area contributed by atoms with Crippen molar-refractivity contribution in [1.82, 2.24) is 10.3 Å². The molecule has 0 aliphatic rings. The Morgan fingerprint density at radius 3 is 3.00 bits per heavy atom. The fourth-order valence-electron chi connectivity index (χ4n) is 1.38. The summed E-state index contributed by atoms with van der Waals surface area (Å²) in [4.78, 5) is 15.9. The topological polar surface area (TPSA) is 42.0 Å². The fourth-order valence-corrected chi connectivity index (χ4v) is 2.52. The molecule has 5 heteroatoms. The lowest BCUT2D eigenvalue weighted by Crippen LogP contribution is -2.25. The highest BCUT2D eigenvalue weighted by Crippen LogP contribution is 2.20. The van der Waals surface area contributed by atoms with Crippen LogP contribution in [0.5, 0.6) is 0 Å². The quantitative estimate of drug-likeness (QED) is 0.943. The van der Waals surface area contributed by atoms with Gasteiger partial charge < -0.3 is 5.32 Å². The van der Waals surface area contributed by atoms with Gasteiger partial charge in [-0.25, -0.2) is 0 Å². The van der Waals surface area contributed by atoms with Gasteiger partial charge in [-0.3, -0.25) is 9.78 Å². The van der Waals surface area contributed by atoms with Crippen molar-refractivity contribution in [3.8, 4) is 0 Å². The van der Waals surface area contributed by atoms with Gasteiger partial charge in [0, 0.05) is 30.2 Å². The summed E-state index contributed by atoms with van der Waals surface area (Å²) in [6.07, 6.45) is 2.50. The average molecular weight is 311 g/mol. The number of rotatable bonds is 4. The number of nitrogens with one attached hydrogen (secondary N) is 1. The number of halogens is 1. The van der Waals surface area contributed by atoms with Crippen molar-refractivity contribution < 1.29 is 4.79 Å². The van der Waals surface area contributed by atoms with Gasteiger partial charge in [0.2, 0.25) is 0 Å². The van der Waals surface area contributed by atoms with Gasteiger partial charge in [-0.2, -0.15) is 0 Å². The fraction of sp³-hybridized carbons (Fsp3) is 0.167. The van der Waals surface area contributed by atoms with Gasteiger partial charge in [0.15, 0.2) is 0 Å². The Kier molecular flexibility index (Phi) is 4.28. The second-order valence-corrected chi connectivity index (χ2v) is 5.76. The molecule has 0 aromatic carbocycles. The highest BCUT2D eigenvalue weighted by Gasteiger charge is 2.06. The lowest BCUT2D eigenvalue weighted by molar-refractivity contribution is 0.0954. The third kappa shape index (κ3) is 3.64. The number of hydrogen-bond acceptors (Lipinski definition) is 3. The van der Waals surface area contributed by atoms with Crippen LogP contribution in [0.15, 0.2) is 39.6 Å². The Labute approximate surface area is 112 Å². The summed E-state index contributed by atoms with van der Waals surface area (Å²) < 4.78 is 0.965. The normalized spacial score (nSPS) is 10.2. The minimum Gasteiger partial charge on any atom is -0.352 e. The van der Waals surface area contributed by atoms with Crippen LogP contribution in [0.1, 0.15) is 16.1 Å². The summed E-state index contributed by atoms with van der Waals surface area (Å²) in [6.45, 7) is 0.601. The maximum absolute atomic E-state index is 11.7. The molecule has 1 N–H and O–H groups in total. The smallest absolute Gasteiger partial charge is 0.252 e. The Hall–Kier alpha value is -1.20. The molecule has 2 aromatic rings. The number of amides is 1. The number of nitrogens with zero attached hydrogens (tertiary/aromatic N) is 1. The van der Waals surface area contributed by atoms with Gasteiger partial charge in [-0.1, -0.05) is 6.07 Å². The van der Waals surface area contributed by atoms with Crippen LogP contribution < -0.4 is 5.32 Å². The van der Waals surface area contributed by atoms with Gasteiger partial charge >= 0.3 is 0 Å². The van der Waals surface area contributed by atoms with Gasteiger partial charge in [-0.05, 0) is 34.1 Å². The first kappa shape index (κ1) is 12.3.